The van der Waals surface area contributed by atoms with Crippen molar-refractivity contribution in [2.45, 2.75) is 6.54 Å². The van der Waals surface area contributed by atoms with Crippen LogP contribution < -0.4 is 5.32 Å². The molecular formula is C17H17ClF2N2O3. The molecule has 2 aromatic rings. The molecule has 5 nitrogen and oxygen atoms in total. The molecule has 8 heteroatoms. The summed E-state index contributed by atoms with van der Waals surface area (Å²) >= 11 is 0. The van der Waals surface area contributed by atoms with Gasteiger partial charge in [0.25, 0.3) is 0 Å². The van der Waals surface area contributed by atoms with Gasteiger partial charge in [-0.1, -0.05) is 30.3 Å². The van der Waals surface area contributed by atoms with E-state index in [9.17, 15) is 18.4 Å². The van der Waals surface area contributed by atoms with Crippen molar-refractivity contribution in [2.75, 3.05) is 18.4 Å². The summed E-state index contributed by atoms with van der Waals surface area (Å²) in [5, 5.41) is 11.3. The Morgan fingerprint density at radius 3 is 2.16 bits per heavy atom. The second kappa shape index (κ2) is 9.71. The number of carboxylic acid groups (broad SMARTS) is 1. The lowest BCUT2D eigenvalue weighted by atomic mass is 10.2. The third-order valence-electron chi connectivity index (χ3n) is 3.23. The van der Waals surface area contributed by atoms with Crippen LogP contribution in [0.15, 0.2) is 48.5 Å². The van der Waals surface area contributed by atoms with Gasteiger partial charge in [-0.15, -0.1) is 12.4 Å². The van der Waals surface area contributed by atoms with Crippen LogP contribution in [0, 0.1) is 11.6 Å². The SMILES string of the molecule is Cl.O=C(O)CN(CC(=O)Nc1ccccc1F)Cc1ccccc1F. The number of nitrogens with one attached hydrogen (secondary N) is 1. The van der Waals surface area contributed by atoms with Crippen molar-refractivity contribution in [3.63, 3.8) is 0 Å². The topological polar surface area (TPSA) is 69.6 Å². The number of para-hydroxylation sites is 1. The molecule has 0 aliphatic carbocycles. The Morgan fingerprint density at radius 2 is 1.56 bits per heavy atom. The van der Waals surface area contributed by atoms with Crippen LogP contribution in [0.5, 0.6) is 0 Å². The molecule has 2 aromatic carbocycles. The Kier molecular flexibility index (Phi) is 7.97. The fourth-order valence-electron chi connectivity index (χ4n) is 2.18. The predicted octanol–water partition coefficient (Wildman–Crippen LogP) is 2.91. The molecular weight excluding hydrogens is 354 g/mol. The third kappa shape index (κ3) is 6.48. The summed E-state index contributed by atoms with van der Waals surface area (Å²) in [5.41, 5.74) is 0.279. The monoisotopic (exact) mass is 370 g/mol. The number of carbonyl (C=O) groups excluding carboxylic acids is 1. The highest BCUT2D eigenvalue weighted by atomic mass is 35.5. The van der Waals surface area contributed by atoms with Gasteiger partial charge in [-0.25, -0.2) is 8.78 Å². The smallest absolute Gasteiger partial charge is 0.317 e. The van der Waals surface area contributed by atoms with Crippen LogP contribution in [0.25, 0.3) is 0 Å². The molecule has 0 aliphatic rings. The van der Waals surface area contributed by atoms with Crippen LogP contribution in [0.1, 0.15) is 5.56 Å². The van der Waals surface area contributed by atoms with Crippen LogP contribution in [-0.4, -0.2) is 35.0 Å². The first kappa shape index (κ1) is 20.5. The lowest BCUT2D eigenvalue weighted by Crippen LogP contribution is -2.36. The quantitative estimate of drug-likeness (QED) is 0.786. The second-order valence-corrected chi connectivity index (χ2v) is 5.16. The van der Waals surface area contributed by atoms with E-state index in [4.69, 9.17) is 5.11 Å². The second-order valence-electron chi connectivity index (χ2n) is 5.16. The molecule has 2 rings (SSSR count). The van der Waals surface area contributed by atoms with E-state index < -0.39 is 30.1 Å². The van der Waals surface area contributed by atoms with E-state index in [1.165, 1.54) is 41.3 Å². The highest BCUT2D eigenvalue weighted by Gasteiger charge is 2.17. The summed E-state index contributed by atoms with van der Waals surface area (Å²) in [5.74, 6) is -2.81. The van der Waals surface area contributed by atoms with Crippen molar-refractivity contribution < 1.29 is 23.5 Å². The number of anilines is 1. The summed E-state index contributed by atoms with van der Waals surface area (Å²) in [6, 6.07) is 11.6. The number of hydrogen-bond donors (Lipinski definition) is 2. The Morgan fingerprint density at radius 1 is 0.960 bits per heavy atom. The largest absolute Gasteiger partial charge is 0.480 e. The molecule has 0 aromatic heterocycles. The molecule has 2 N–H and O–H groups in total. The molecule has 0 aliphatic heterocycles. The maximum Gasteiger partial charge on any atom is 0.317 e. The average molecular weight is 371 g/mol. The third-order valence-corrected chi connectivity index (χ3v) is 3.23. The van der Waals surface area contributed by atoms with Gasteiger partial charge in [-0.2, -0.15) is 0 Å². The van der Waals surface area contributed by atoms with Crippen LogP contribution >= 0.6 is 12.4 Å². The van der Waals surface area contributed by atoms with E-state index in [0.29, 0.717) is 0 Å². The van der Waals surface area contributed by atoms with E-state index in [1.807, 2.05) is 0 Å². The van der Waals surface area contributed by atoms with Crippen molar-refractivity contribution in [2.24, 2.45) is 0 Å². The van der Waals surface area contributed by atoms with Gasteiger partial charge in [0, 0.05) is 12.1 Å². The standard InChI is InChI=1S/C17H16F2N2O3.ClH/c18-13-6-2-1-5-12(13)9-21(11-17(23)24)10-16(22)20-15-8-4-3-7-14(15)19;/h1-8H,9-11H2,(H,20,22)(H,23,24);1H. The van der Waals surface area contributed by atoms with E-state index in [-0.39, 0.29) is 36.7 Å². The van der Waals surface area contributed by atoms with Crippen molar-refractivity contribution in [3.8, 4) is 0 Å². The van der Waals surface area contributed by atoms with Gasteiger partial charge in [-0.05, 0) is 18.2 Å². The highest BCUT2D eigenvalue weighted by molar-refractivity contribution is 5.92. The Labute approximate surface area is 149 Å². The minimum Gasteiger partial charge on any atom is -0.480 e. The number of aliphatic carboxylic acids is 1. The van der Waals surface area contributed by atoms with Crippen LogP contribution in [0.3, 0.4) is 0 Å². The molecule has 0 heterocycles. The van der Waals surface area contributed by atoms with Crippen molar-refractivity contribution in [3.05, 3.63) is 65.7 Å². The molecule has 0 atom stereocenters. The fraction of sp³-hybridized carbons (Fsp3) is 0.176. The Balaban J connectivity index is 0.00000312. The van der Waals surface area contributed by atoms with Crippen LogP contribution in [-0.2, 0) is 16.1 Å². The van der Waals surface area contributed by atoms with Gasteiger partial charge in [0.2, 0.25) is 5.91 Å². The van der Waals surface area contributed by atoms with Crippen molar-refractivity contribution in [1.29, 1.82) is 0 Å². The maximum absolute atomic E-state index is 13.7. The van der Waals surface area contributed by atoms with Gasteiger partial charge in [0.15, 0.2) is 0 Å². The van der Waals surface area contributed by atoms with Gasteiger partial charge in [-0.3, -0.25) is 14.5 Å². The molecule has 0 spiro atoms. The summed E-state index contributed by atoms with van der Waals surface area (Å²) < 4.78 is 27.2. The van der Waals surface area contributed by atoms with Gasteiger partial charge < -0.3 is 10.4 Å². The lowest BCUT2D eigenvalue weighted by Gasteiger charge is -2.20. The van der Waals surface area contributed by atoms with Gasteiger partial charge in [0.05, 0.1) is 18.8 Å². The number of amides is 1. The number of nitrogens with zero attached hydrogens (tertiary/aromatic N) is 1. The summed E-state index contributed by atoms with van der Waals surface area (Å²) in [6.45, 7) is -0.808. The Hall–Kier alpha value is -2.51. The minimum absolute atomic E-state index is 0. The molecule has 0 bridgehead atoms. The zero-order chi connectivity index (χ0) is 17.5. The minimum atomic E-state index is -1.15. The average Bonchev–Trinajstić information content (AvgIpc) is 2.51. The summed E-state index contributed by atoms with van der Waals surface area (Å²) in [4.78, 5) is 24.2. The number of halogens is 3. The van der Waals surface area contributed by atoms with Gasteiger partial charge in [0.1, 0.15) is 11.6 Å². The van der Waals surface area contributed by atoms with Crippen molar-refractivity contribution >= 4 is 30.0 Å². The van der Waals surface area contributed by atoms with Crippen LogP contribution in [0.2, 0.25) is 0 Å². The number of benzene rings is 2. The zero-order valence-corrected chi connectivity index (χ0v) is 13.9. The van der Waals surface area contributed by atoms with E-state index in [1.54, 1.807) is 12.1 Å². The molecule has 1 amide bonds. The lowest BCUT2D eigenvalue weighted by molar-refractivity contribution is -0.138. The molecule has 0 unspecified atom stereocenters. The molecule has 0 radical (unpaired) electrons. The van der Waals surface area contributed by atoms with Crippen LogP contribution in [0.4, 0.5) is 14.5 Å². The molecule has 25 heavy (non-hydrogen) atoms. The molecule has 134 valence electrons. The normalized spacial score (nSPS) is 10.2. The first-order valence-electron chi connectivity index (χ1n) is 7.17. The zero-order valence-electron chi connectivity index (χ0n) is 13.1. The van der Waals surface area contributed by atoms with Gasteiger partial charge >= 0.3 is 5.97 Å². The van der Waals surface area contributed by atoms with Crippen molar-refractivity contribution in [1.82, 2.24) is 4.90 Å². The Bertz CT molecular complexity index is 743. The predicted molar refractivity (Wildman–Crippen MR) is 91.6 cm³/mol. The number of carbonyl (C=O) groups is 2. The number of carboxylic acids is 1. The first-order chi connectivity index (χ1) is 11.5. The summed E-state index contributed by atoms with van der Waals surface area (Å²) in [6.07, 6.45) is 0. The highest BCUT2D eigenvalue weighted by Crippen LogP contribution is 2.13. The molecule has 0 saturated heterocycles. The maximum atomic E-state index is 13.7. The van der Waals surface area contributed by atoms with E-state index in [0.717, 1.165) is 0 Å². The molecule has 0 saturated carbocycles. The van der Waals surface area contributed by atoms with E-state index in [2.05, 4.69) is 5.32 Å². The van der Waals surface area contributed by atoms with E-state index >= 15 is 0 Å². The summed E-state index contributed by atoms with van der Waals surface area (Å²) in [7, 11) is 0. The fourth-order valence-corrected chi connectivity index (χ4v) is 2.18. The first-order valence-corrected chi connectivity index (χ1v) is 7.17. The number of hydrogen-bond acceptors (Lipinski definition) is 3. The molecule has 0 fully saturated rings. The number of rotatable bonds is 7.